The number of benzene rings is 2. The smallest absolute Gasteiger partial charge is 0.193 e. The van der Waals surface area contributed by atoms with Gasteiger partial charge in [-0.05, 0) is 35.7 Å². The number of hydrogen-bond acceptors (Lipinski definition) is 2. The highest BCUT2D eigenvalue weighted by Crippen LogP contribution is 2.20. The standard InChI is InChI=1S/C16H10FNO/c17-13-6-4-11(5-7-13)16(19)15-3-1-2-12-10-18-9-8-14(12)15/h1-10H. The molecule has 0 N–H and O–H groups in total. The molecular weight excluding hydrogens is 241 g/mol. The van der Waals surface area contributed by atoms with Crippen molar-refractivity contribution in [2.75, 3.05) is 0 Å². The van der Waals surface area contributed by atoms with Crippen molar-refractivity contribution in [3.05, 3.63) is 77.9 Å². The van der Waals surface area contributed by atoms with E-state index in [1.54, 1.807) is 18.5 Å². The van der Waals surface area contributed by atoms with Gasteiger partial charge in [0.15, 0.2) is 5.78 Å². The second-order valence-corrected chi connectivity index (χ2v) is 4.24. The van der Waals surface area contributed by atoms with Crippen molar-refractivity contribution in [3.63, 3.8) is 0 Å². The molecule has 0 radical (unpaired) electrons. The third-order valence-electron chi connectivity index (χ3n) is 3.03. The molecule has 19 heavy (non-hydrogen) atoms. The van der Waals surface area contributed by atoms with Crippen LogP contribution < -0.4 is 0 Å². The zero-order chi connectivity index (χ0) is 13.2. The average Bonchev–Trinajstić information content (AvgIpc) is 2.47. The summed E-state index contributed by atoms with van der Waals surface area (Å²) in [6.45, 7) is 0. The highest BCUT2D eigenvalue weighted by molar-refractivity contribution is 6.16. The van der Waals surface area contributed by atoms with Crippen LogP contribution in [0.15, 0.2) is 60.9 Å². The number of carbonyl (C=O) groups excluding carboxylic acids is 1. The molecule has 1 heterocycles. The Kier molecular flexibility index (Phi) is 2.80. The molecular formula is C16H10FNO. The van der Waals surface area contributed by atoms with Crippen LogP contribution in [-0.4, -0.2) is 10.8 Å². The van der Waals surface area contributed by atoms with Gasteiger partial charge in [-0.2, -0.15) is 0 Å². The van der Waals surface area contributed by atoms with E-state index in [2.05, 4.69) is 4.98 Å². The number of aromatic nitrogens is 1. The van der Waals surface area contributed by atoms with Crippen LogP contribution in [0.25, 0.3) is 10.8 Å². The number of fused-ring (bicyclic) bond motifs is 1. The monoisotopic (exact) mass is 251 g/mol. The summed E-state index contributed by atoms with van der Waals surface area (Å²) in [6.07, 6.45) is 3.38. The lowest BCUT2D eigenvalue weighted by Crippen LogP contribution is -2.02. The molecule has 0 atom stereocenters. The van der Waals surface area contributed by atoms with Gasteiger partial charge in [0.1, 0.15) is 5.82 Å². The van der Waals surface area contributed by atoms with E-state index in [1.165, 1.54) is 24.3 Å². The van der Waals surface area contributed by atoms with Gasteiger partial charge in [0.25, 0.3) is 0 Å². The molecule has 0 aliphatic rings. The predicted molar refractivity (Wildman–Crippen MR) is 71.6 cm³/mol. The minimum atomic E-state index is -0.348. The van der Waals surface area contributed by atoms with Crippen molar-refractivity contribution in [1.82, 2.24) is 4.98 Å². The average molecular weight is 251 g/mol. The van der Waals surface area contributed by atoms with Gasteiger partial charge in [0.05, 0.1) is 0 Å². The van der Waals surface area contributed by atoms with Crippen molar-refractivity contribution in [2.45, 2.75) is 0 Å². The fraction of sp³-hybridized carbons (Fsp3) is 0. The van der Waals surface area contributed by atoms with Gasteiger partial charge in [0, 0.05) is 28.9 Å². The number of pyridine rings is 1. The maximum atomic E-state index is 12.9. The lowest BCUT2D eigenvalue weighted by atomic mass is 9.98. The first-order valence-corrected chi connectivity index (χ1v) is 5.89. The maximum absolute atomic E-state index is 12.9. The van der Waals surface area contributed by atoms with Crippen molar-refractivity contribution in [3.8, 4) is 0 Å². The van der Waals surface area contributed by atoms with Crippen LogP contribution in [-0.2, 0) is 0 Å². The second kappa shape index (κ2) is 4.61. The Morgan fingerprint density at radius 2 is 1.79 bits per heavy atom. The Balaban J connectivity index is 2.14. The van der Waals surface area contributed by atoms with E-state index in [1.807, 2.05) is 18.2 Å². The SMILES string of the molecule is O=C(c1ccc(F)cc1)c1cccc2cnccc12. The van der Waals surface area contributed by atoms with Crippen LogP contribution in [0.2, 0.25) is 0 Å². The van der Waals surface area contributed by atoms with Gasteiger partial charge in [-0.3, -0.25) is 9.78 Å². The topological polar surface area (TPSA) is 30.0 Å². The summed E-state index contributed by atoms with van der Waals surface area (Å²) in [7, 11) is 0. The van der Waals surface area contributed by atoms with E-state index >= 15 is 0 Å². The largest absolute Gasteiger partial charge is 0.289 e. The van der Waals surface area contributed by atoms with Gasteiger partial charge in [0.2, 0.25) is 0 Å². The molecule has 0 saturated carbocycles. The number of nitrogens with zero attached hydrogens (tertiary/aromatic N) is 1. The second-order valence-electron chi connectivity index (χ2n) is 4.24. The quantitative estimate of drug-likeness (QED) is 0.651. The van der Waals surface area contributed by atoms with Crippen molar-refractivity contribution in [2.24, 2.45) is 0 Å². The van der Waals surface area contributed by atoms with Crippen LogP contribution in [0.5, 0.6) is 0 Å². The van der Waals surface area contributed by atoms with Crippen LogP contribution in [0.3, 0.4) is 0 Å². The summed E-state index contributed by atoms with van der Waals surface area (Å²) in [6, 6.07) is 12.9. The molecule has 0 spiro atoms. The van der Waals surface area contributed by atoms with E-state index in [0.717, 1.165) is 10.8 Å². The van der Waals surface area contributed by atoms with Crippen LogP contribution in [0, 0.1) is 5.82 Å². The molecule has 0 fully saturated rings. The summed E-state index contributed by atoms with van der Waals surface area (Å²) in [4.78, 5) is 16.5. The first-order chi connectivity index (χ1) is 9.25. The Morgan fingerprint density at radius 1 is 1.00 bits per heavy atom. The zero-order valence-corrected chi connectivity index (χ0v) is 10.0. The third-order valence-corrected chi connectivity index (χ3v) is 3.03. The Hall–Kier alpha value is -2.55. The number of halogens is 1. The Bertz CT molecular complexity index is 745. The summed E-state index contributed by atoms with van der Waals surface area (Å²) < 4.78 is 12.9. The minimum Gasteiger partial charge on any atom is -0.289 e. The molecule has 3 rings (SSSR count). The van der Waals surface area contributed by atoms with Crippen molar-refractivity contribution in [1.29, 1.82) is 0 Å². The number of ketones is 1. The van der Waals surface area contributed by atoms with E-state index in [9.17, 15) is 9.18 Å². The summed E-state index contributed by atoms with van der Waals surface area (Å²) >= 11 is 0. The predicted octanol–water partition coefficient (Wildman–Crippen LogP) is 3.60. The van der Waals surface area contributed by atoms with Gasteiger partial charge in [-0.1, -0.05) is 18.2 Å². The highest BCUT2D eigenvalue weighted by Gasteiger charge is 2.12. The molecule has 3 aromatic rings. The maximum Gasteiger partial charge on any atom is 0.193 e. The summed E-state index contributed by atoms with van der Waals surface area (Å²) in [5.74, 6) is -0.463. The summed E-state index contributed by atoms with van der Waals surface area (Å²) in [5.41, 5.74) is 1.08. The number of rotatable bonds is 2. The lowest BCUT2D eigenvalue weighted by molar-refractivity contribution is 0.104. The molecule has 2 nitrogen and oxygen atoms in total. The summed E-state index contributed by atoms with van der Waals surface area (Å²) in [5, 5.41) is 1.77. The van der Waals surface area contributed by atoms with Crippen LogP contribution in [0.4, 0.5) is 4.39 Å². The van der Waals surface area contributed by atoms with Gasteiger partial charge >= 0.3 is 0 Å². The highest BCUT2D eigenvalue weighted by atomic mass is 19.1. The zero-order valence-electron chi connectivity index (χ0n) is 10.0. The third kappa shape index (κ3) is 2.10. The van der Waals surface area contributed by atoms with E-state index in [-0.39, 0.29) is 11.6 Å². The number of carbonyl (C=O) groups is 1. The molecule has 0 saturated heterocycles. The molecule has 0 amide bonds. The Labute approximate surface area is 109 Å². The van der Waals surface area contributed by atoms with Gasteiger partial charge in [-0.15, -0.1) is 0 Å². The molecule has 92 valence electrons. The molecule has 0 bridgehead atoms. The van der Waals surface area contributed by atoms with Crippen molar-refractivity contribution >= 4 is 16.6 Å². The first kappa shape index (κ1) is 11.5. The van der Waals surface area contributed by atoms with Gasteiger partial charge < -0.3 is 0 Å². The van der Waals surface area contributed by atoms with Crippen molar-refractivity contribution < 1.29 is 9.18 Å². The molecule has 0 aliphatic heterocycles. The molecule has 3 heteroatoms. The van der Waals surface area contributed by atoms with E-state index in [0.29, 0.717) is 11.1 Å². The molecule has 0 unspecified atom stereocenters. The van der Waals surface area contributed by atoms with Gasteiger partial charge in [-0.25, -0.2) is 4.39 Å². The fourth-order valence-electron chi connectivity index (χ4n) is 2.08. The van der Waals surface area contributed by atoms with E-state index in [4.69, 9.17) is 0 Å². The Morgan fingerprint density at radius 3 is 2.58 bits per heavy atom. The molecule has 2 aromatic carbocycles. The minimum absolute atomic E-state index is 0.114. The number of hydrogen-bond donors (Lipinski definition) is 0. The van der Waals surface area contributed by atoms with Crippen LogP contribution in [0.1, 0.15) is 15.9 Å². The molecule has 0 aliphatic carbocycles. The van der Waals surface area contributed by atoms with E-state index < -0.39 is 0 Å². The normalized spacial score (nSPS) is 10.6. The lowest BCUT2D eigenvalue weighted by Gasteiger charge is -2.05. The molecule has 1 aromatic heterocycles. The van der Waals surface area contributed by atoms with Crippen LogP contribution >= 0.6 is 0 Å². The fourth-order valence-corrected chi connectivity index (χ4v) is 2.08. The first-order valence-electron chi connectivity index (χ1n) is 5.89.